The number of hydrogen-bond donors (Lipinski definition) is 1. The lowest BCUT2D eigenvalue weighted by Gasteiger charge is -2.22. The number of rotatable bonds is 6. The van der Waals surface area contributed by atoms with E-state index >= 15 is 0 Å². The van der Waals surface area contributed by atoms with Crippen LogP contribution in [0, 0.1) is 27.7 Å². The molecule has 120 valence electrons. The molecule has 2 aromatic heterocycles. The molecule has 6 nitrogen and oxygen atoms in total. The first-order valence-electron chi connectivity index (χ1n) is 7.16. The third kappa shape index (κ3) is 3.52. The van der Waals surface area contributed by atoms with E-state index in [1.165, 1.54) is 0 Å². The highest BCUT2D eigenvalue weighted by Gasteiger charge is 2.21. The summed E-state index contributed by atoms with van der Waals surface area (Å²) in [7, 11) is 0. The molecule has 0 radical (unpaired) electrons. The SMILES string of the molecule is Cc1noc(C)c1CN(Cc1c(C)noc1C)C(=O)CCS. The van der Waals surface area contributed by atoms with E-state index in [2.05, 4.69) is 22.9 Å². The molecule has 7 heteroatoms. The van der Waals surface area contributed by atoms with E-state index in [9.17, 15) is 4.79 Å². The first-order valence-corrected chi connectivity index (χ1v) is 7.79. The van der Waals surface area contributed by atoms with Crippen molar-refractivity contribution in [1.82, 2.24) is 15.2 Å². The van der Waals surface area contributed by atoms with E-state index in [0.717, 1.165) is 34.0 Å². The molecule has 0 bridgehead atoms. The van der Waals surface area contributed by atoms with Crippen molar-refractivity contribution < 1.29 is 13.8 Å². The molecule has 0 aromatic carbocycles. The third-order valence-electron chi connectivity index (χ3n) is 3.74. The van der Waals surface area contributed by atoms with Crippen LogP contribution in [0.1, 0.15) is 40.5 Å². The van der Waals surface area contributed by atoms with Crippen LogP contribution >= 0.6 is 12.6 Å². The summed E-state index contributed by atoms with van der Waals surface area (Å²) in [4.78, 5) is 14.2. The fourth-order valence-electron chi connectivity index (χ4n) is 2.32. The van der Waals surface area contributed by atoms with Gasteiger partial charge in [-0.3, -0.25) is 4.79 Å². The number of carbonyl (C=O) groups is 1. The number of amides is 1. The summed E-state index contributed by atoms with van der Waals surface area (Å²) < 4.78 is 10.4. The molecule has 0 spiro atoms. The Kier molecular flexibility index (Phi) is 5.28. The second kappa shape index (κ2) is 7.00. The van der Waals surface area contributed by atoms with Gasteiger partial charge in [0.25, 0.3) is 0 Å². The van der Waals surface area contributed by atoms with Crippen LogP contribution in [0.5, 0.6) is 0 Å². The Morgan fingerprint density at radius 2 is 1.45 bits per heavy atom. The molecular formula is C15H21N3O3S. The Hall–Kier alpha value is -1.76. The van der Waals surface area contributed by atoms with E-state index in [1.54, 1.807) is 4.90 Å². The van der Waals surface area contributed by atoms with Crippen LogP contribution in [0.25, 0.3) is 0 Å². The molecule has 2 heterocycles. The fourth-order valence-corrected chi connectivity index (χ4v) is 2.51. The lowest BCUT2D eigenvalue weighted by molar-refractivity contribution is -0.132. The molecule has 0 aliphatic rings. The Bertz CT molecular complexity index is 576. The molecule has 2 rings (SSSR count). The highest BCUT2D eigenvalue weighted by Crippen LogP contribution is 2.20. The molecule has 0 unspecified atom stereocenters. The monoisotopic (exact) mass is 323 g/mol. The molecule has 0 fully saturated rings. The molecular weight excluding hydrogens is 302 g/mol. The van der Waals surface area contributed by atoms with Crippen LogP contribution in [0.2, 0.25) is 0 Å². The van der Waals surface area contributed by atoms with Gasteiger partial charge >= 0.3 is 0 Å². The molecule has 0 aliphatic carbocycles. The molecule has 0 saturated carbocycles. The summed E-state index contributed by atoms with van der Waals surface area (Å²) in [5, 5.41) is 7.90. The van der Waals surface area contributed by atoms with E-state index in [-0.39, 0.29) is 5.91 Å². The molecule has 0 atom stereocenters. The summed E-state index contributed by atoms with van der Waals surface area (Å²) in [6.07, 6.45) is 0.385. The van der Waals surface area contributed by atoms with Gasteiger partial charge in [-0.05, 0) is 33.4 Å². The molecule has 0 saturated heterocycles. The summed E-state index contributed by atoms with van der Waals surface area (Å²) in [6, 6.07) is 0. The third-order valence-corrected chi connectivity index (χ3v) is 3.96. The van der Waals surface area contributed by atoms with Crippen molar-refractivity contribution in [1.29, 1.82) is 0 Å². The van der Waals surface area contributed by atoms with Crippen LogP contribution in [-0.2, 0) is 17.9 Å². The van der Waals surface area contributed by atoms with Crippen molar-refractivity contribution in [2.75, 3.05) is 5.75 Å². The first-order chi connectivity index (χ1) is 10.4. The normalized spacial score (nSPS) is 11.0. The summed E-state index contributed by atoms with van der Waals surface area (Å²) in [6.45, 7) is 8.38. The van der Waals surface area contributed by atoms with Gasteiger partial charge in [-0.25, -0.2) is 0 Å². The number of hydrogen-bond acceptors (Lipinski definition) is 6. The van der Waals surface area contributed by atoms with Gasteiger partial charge in [-0.2, -0.15) is 12.6 Å². The topological polar surface area (TPSA) is 72.4 Å². The smallest absolute Gasteiger partial charge is 0.223 e. The quantitative estimate of drug-likeness (QED) is 0.828. The van der Waals surface area contributed by atoms with Crippen molar-refractivity contribution in [3.63, 3.8) is 0 Å². The Labute approximate surface area is 135 Å². The maximum atomic E-state index is 12.4. The van der Waals surface area contributed by atoms with Crippen LogP contribution in [0.3, 0.4) is 0 Å². The first kappa shape index (κ1) is 16.6. The Morgan fingerprint density at radius 1 is 1.00 bits per heavy atom. The Morgan fingerprint density at radius 3 is 1.77 bits per heavy atom. The van der Waals surface area contributed by atoms with Crippen molar-refractivity contribution in [2.24, 2.45) is 0 Å². The molecule has 0 N–H and O–H groups in total. The van der Waals surface area contributed by atoms with Gasteiger partial charge < -0.3 is 13.9 Å². The van der Waals surface area contributed by atoms with Gasteiger partial charge in [0.1, 0.15) is 11.5 Å². The summed E-state index contributed by atoms with van der Waals surface area (Å²) in [5.41, 5.74) is 3.50. The van der Waals surface area contributed by atoms with Gasteiger partial charge in [0.2, 0.25) is 5.91 Å². The van der Waals surface area contributed by atoms with E-state index in [4.69, 9.17) is 9.05 Å². The van der Waals surface area contributed by atoms with Crippen LogP contribution in [0.4, 0.5) is 0 Å². The highest BCUT2D eigenvalue weighted by atomic mass is 32.1. The van der Waals surface area contributed by atoms with Crippen LogP contribution in [0.15, 0.2) is 9.05 Å². The van der Waals surface area contributed by atoms with Crippen molar-refractivity contribution >= 4 is 18.5 Å². The second-order valence-electron chi connectivity index (χ2n) is 5.33. The standard InChI is InChI=1S/C15H21N3O3S/c1-9-13(11(3)20-16-9)7-18(15(19)5-6-22)8-14-10(2)17-21-12(14)4/h22H,5-8H2,1-4H3. The number of carbonyl (C=O) groups excluding carboxylic acids is 1. The second-order valence-corrected chi connectivity index (χ2v) is 5.78. The van der Waals surface area contributed by atoms with Crippen molar-refractivity contribution in [3.8, 4) is 0 Å². The maximum Gasteiger partial charge on any atom is 0.223 e. The van der Waals surface area contributed by atoms with Gasteiger partial charge in [-0.15, -0.1) is 0 Å². The zero-order valence-electron chi connectivity index (χ0n) is 13.3. The number of thiol groups is 1. The fraction of sp³-hybridized carbons (Fsp3) is 0.533. The van der Waals surface area contributed by atoms with E-state index in [1.807, 2.05) is 27.7 Å². The highest BCUT2D eigenvalue weighted by molar-refractivity contribution is 7.80. The van der Waals surface area contributed by atoms with Crippen molar-refractivity contribution in [2.45, 2.75) is 47.2 Å². The van der Waals surface area contributed by atoms with Gasteiger partial charge in [0, 0.05) is 17.5 Å². The number of aromatic nitrogens is 2. The zero-order valence-corrected chi connectivity index (χ0v) is 14.2. The number of nitrogens with zero attached hydrogens (tertiary/aromatic N) is 3. The molecule has 2 aromatic rings. The number of aryl methyl sites for hydroxylation is 4. The average Bonchev–Trinajstić information content (AvgIpc) is 2.96. The zero-order chi connectivity index (χ0) is 16.3. The predicted octanol–water partition coefficient (Wildman–Crippen LogP) is 2.74. The lowest BCUT2D eigenvalue weighted by Crippen LogP contribution is -2.31. The molecule has 0 aliphatic heterocycles. The average molecular weight is 323 g/mol. The van der Waals surface area contributed by atoms with Gasteiger partial charge in [-0.1, -0.05) is 10.3 Å². The van der Waals surface area contributed by atoms with Gasteiger partial charge in [0.05, 0.1) is 24.5 Å². The molecule has 1 amide bonds. The largest absolute Gasteiger partial charge is 0.361 e. The van der Waals surface area contributed by atoms with Gasteiger partial charge in [0.15, 0.2) is 0 Å². The van der Waals surface area contributed by atoms with E-state index in [0.29, 0.717) is 25.3 Å². The molecule has 22 heavy (non-hydrogen) atoms. The predicted molar refractivity (Wildman–Crippen MR) is 84.7 cm³/mol. The summed E-state index contributed by atoms with van der Waals surface area (Å²) >= 11 is 4.15. The minimum Gasteiger partial charge on any atom is -0.361 e. The van der Waals surface area contributed by atoms with Crippen LogP contribution < -0.4 is 0 Å². The summed E-state index contributed by atoms with van der Waals surface area (Å²) in [5.74, 6) is 2.02. The van der Waals surface area contributed by atoms with E-state index < -0.39 is 0 Å². The maximum absolute atomic E-state index is 12.4. The minimum absolute atomic E-state index is 0.0370. The van der Waals surface area contributed by atoms with Crippen LogP contribution in [-0.4, -0.2) is 26.9 Å². The van der Waals surface area contributed by atoms with Crippen molar-refractivity contribution in [3.05, 3.63) is 34.0 Å². The Balaban J connectivity index is 2.25. The minimum atomic E-state index is 0.0370. The lowest BCUT2D eigenvalue weighted by atomic mass is 10.1.